The van der Waals surface area contributed by atoms with Gasteiger partial charge in [0.15, 0.2) is 0 Å². The molecule has 0 atom stereocenters. The van der Waals surface area contributed by atoms with Crippen molar-refractivity contribution in [2.75, 3.05) is 6.61 Å². The standard InChI is InChI=1S/C16H18O3/c1-2-3-6-12-18-16(17)19-15-11-7-9-13-8-4-5-10-14(13)15/h4-5,7-11H,2-3,6,12H2,1H3. The first kappa shape index (κ1) is 13.4. The van der Waals surface area contributed by atoms with Crippen LogP contribution in [-0.2, 0) is 4.74 Å². The number of benzene rings is 2. The summed E-state index contributed by atoms with van der Waals surface area (Å²) in [6.45, 7) is 2.52. The Kier molecular flexibility index (Phi) is 4.78. The van der Waals surface area contributed by atoms with Gasteiger partial charge in [0.05, 0.1) is 6.61 Å². The molecule has 0 N–H and O–H groups in total. The van der Waals surface area contributed by atoms with Crippen LogP contribution >= 0.6 is 0 Å². The molecule has 100 valence electrons. The van der Waals surface area contributed by atoms with Gasteiger partial charge in [0.25, 0.3) is 0 Å². The van der Waals surface area contributed by atoms with Crippen LogP contribution in [0.2, 0.25) is 0 Å². The van der Waals surface area contributed by atoms with Crippen molar-refractivity contribution >= 4 is 16.9 Å². The first-order valence-corrected chi connectivity index (χ1v) is 6.63. The maximum Gasteiger partial charge on any atom is 0.513 e. The molecule has 0 spiro atoms. The molecule has 0 aliphatic rings. The highest BCUT2D eigenvalue weighted by atomic mass is 16.7. The van der Waals surface area contributed by atoms with Gasteiger partial charge in [-0.05, 0) is 17.9 Å². The van der Waals surface area contributed by atoms with E-state index in [1.165, 1.54) is 0 Å². The number of hydrogen-bond acceptors (Lipinski definition) is 3. The lowest BCUT2D eigenvalue weighted by Crippen LogP contribution is -2.11. The first-order valence-electron chi connectivity index (χ1n) is 6.63. The van der Waals surface area contributed by atoms with Crippen molar-refractivity contribution < 1.29 is 14.3 Å². The molecular formula is C16H18O3. The van der Waals surface area contributed by atoms with E-state index in [0.717, 1.165) is 30.0 Å². The number of fused-ring (bicyclic) bond motifs is 1. The van der Waals surface area contributed by atoms with Crippen molar-refractivity contribution in [1.82, 2.24) is 0 Å². The van der Waals surface area contributed by atoms with Crippen molar-refractivity contribution in [1.29, 1.82) is 0 Å². The molecule has 0 radical (unpaired) electrons. The highest BCUT2D eigenvalue weighted by molar-refractivity contribution is 5.89. The molecule has 0 bridgehead atoms. The largest absolute Gasteiger partial charge is 0.513 e. The van der Waals surface area contributed by atoms with Crippen LogP contribution in [0, 0.1) is 0 Å². The lowest BCUT2D eigenvalue weighted by Gasteiger charge is -2.08. The number of ether oxygens (including phenoxy) is 2. The van der Waals surface area contributed by atoms with Gasteiger partial charge in [0, 0.05) is 5.39 Å². The molecule has 0 aromatic heterocycles. The van der Waals surface area contributed by atoms with Gasteiger partial charge < -0.3 is 9.47 Å². The van der Waals surface area contributed by atoms with Gasteiger partial charge in [-0.3, -0.25) is 0 Å². The van der Waals surface area contributed by atoms with Crippen molar-refractivity contribution in [2.24, 2.45) is 0 Å². The molecule has 0 heterocycles. The Balaban J connectivity index is 1.99. The fraction of sp³-hybridized carbons (Fsp3) is 0.312. The molecule has 3 heteroatoms. The van der Waals surface area contributed by atoms with E-state index >= 15 is 0 Å². The van der Waals surface area contributed by atoms with Gasteiger partial charge in [0.2, 0.25) is 0 Å². The molecule has 0 aliphatic heterocycles. The maximum absolute atomic E-state index is 11.6. The number of rotatable bonds is 5. The van der Waals surface area contributed by atoms with Gasteiger partial charge in [-0.1, -0.05) is 56.2 Å². The lowest BCUT2D eigenvalue weighted by molar-refractivity contribution is 0.0979. The summed E-state index contributed by atoms with van der Waals surface area (Å²) in [5, 5.41) is 1.95. The minimum atomic E-state index is -0.632. The van der Waals surface area contributed by atoms with E-state index in [9.17, 15) is 4.79 Å². The number of carbonyl (C=O) groups is 1. The Labute approximate surface area is 113 Å². The summed E-state index contributed by atoms with van der Waals surface area (Å²) in [5.41, 5.74) is 0. The van der Waals surface area contributed by atoms with Gasteiger partial charge >= 0.3 is 6.16 Å². The summed E-state index contributed by atoms with van der Waals surface area (Å²) in [4.78, 5) is 11.6. The van der Waals surface area contributed by atoms with Crippen LogP contribution in [0.1, 0.15) is 26.2 Å². The third kappa shape index (κ3) is 3.71. The van der Waals surface area contributed by atoms with Crippen LogP contribution in [0.5, 0.6) is 5.75 Å². The van der Waals surface area contributed by atoms with E-state index in [1.807, 2.05) is 36.4 Å². The fourth-order valence-corrected chi connectivity index (χ4v) is 1.91. The molecule has 0 amide bonds. The molecule has 19 heavy (non-hydrogen) atoms. The minimum Gasteiger partial charge on any atom is -0.434 e. The fourth-order valence-electron chi connectivity index (χ4n) is 1.91. The van der Waals surface area contributed by atoms with E-state index in [0.29, 0.717) is 12.4 Å². The number of hydrogen-bond donors (Lipinski definition) is 0. The molecule has 0 unspecified atom stereocenters. The Morgan fingerprint density at radius 1 is 1.05 bits per heavy atom. The van der Waals surface area contributed by atoms with Crippen LogP contribution in [0.25, 0.3) is 10.8 Å². The van der Waals surface area contributed by atoms with Gasteiger partial charge in [0.1, 0.15) is 5.75 Å². The van der Waals surface area contributed by atoms with Crippen LogP contribution in [0.3, 0.4) is 0 Å². The average Bonchev–Trinajstić information content (AvgIpc) is 2.44. The predicted molar refractivity (Wildman–Crippen MR) is 75.4 cm³/mol. The van der Waals surface area contributed by atoms with E-state index in [4.69, 9.17) is 9.47 Å². The molecule has 0 aliphatic carbocycles. The zero-order valence-corrected chi connectivity index (χ0v) is 11.1. The third-order valence-electron chi connectivity index (χ3n) is 2.91. The quantitative estimate of drug-likeness (QED) is 0.448. The zero-order chi connectivity index (χ0) is 13.5. The van der Waals surface area contributed by atoms with Gasteiger partial charge in [-0.15, -0.1) is 0 Å². The van der Waals surface area contributed by atoms with Crippen LogP contribution < -0.4 is 4.74 Å². The minimum absolute atomic E-state index is 0.414. The average molecular weight is 258 g/mol. The summed E-state index contributed by atoms with van der Waals surface area (Å²) in [6.07, 6.45) is 2.40. The molecule has 2 aromatic carbocycles. The maximum atomic E-state index is 11.6. The summed E-state index contributed by atoms with van der Waals surface area (Å²) >= 11 is 0. The Bertz CT molecular complexity index is 543. The van der Waals surface area contributed by atoms with E-state index in [2.05, 4.69) is 6.92 Å². The smallest absolute Gasteiger partial charge is 0.434 e. The molecule has 2 rings (SSSR count). The van der Waals surface area contributed by atoms with Crippen molar-refractivity contribution in [3.8, 4) is 5.75 Å². The molecule has 0 fully saturated rings. The van der Waals surface area contributed by atoms with Crippen LogP contribution in [0.15, 0.2) is 42.5 Å². The Hall–Kier alpha value is -2.03. The summed E-state index contributed by atoms with van der Waals surface area (Å²) in [5.74, 6) is 0.540. The van der Waals surface area contributed by atoms with Gasteiger partial charge in [-0.25, -0.2) is 4.79 Å². The Morgan fingerprint density at radius 2 is 1.84 bits per heavy atom. The topological polar surface area (TPSA) is 35.5 Å². The number of unbranched alkanes of at least 4 members (excludes halogenated alkanes) is 2. The van der Waals surface area contributed by atoms with E-state index in [1.54, 1.807) is 6.07 Å². The van der Waals surface area contributed by atoms with Crippen molar-refractivity contribution in [3.63, 3.8) is 0 Å². The molecule has 3 nitrogen and oxygen atoms in total. The normalized spacial score (nSPS) is 10.4. The van der Waals surface area contributed by atoms with Crippen LogP contribution in [0.4, 0.5) is 4.79 Å². The molecule has 2 aromatic rings. The van der Waals surface area contributed by atoms with Crippen molar-refractivity contribution in [3.05, 3.63) is 42.5 Å². The highest BCUT2D eigenvalue weighted by Crippen LogP contribution is 2.25. The predicted octanol–water partition coefficient (Wildman–Crippen LogP) is 4.55. The van der Waals surface area contributed by atoms with E-state index < -0.39 is 6.16 Å². The second-order valence-corrected chi connectivity index (χ2v) is 4.38. The van der Waals surface area contributed by atoms with Crippen LogP contribution in [-0.4, -0.2) is 12.8 Å². The van der Waals surface area contributed by atoms with Crippen molar-refractivity contribution in [2.45, 2.75) is 26.2 Å². The SMILES string of the molecule is CCCCCOC(=O)Oc1cccc2ccccc12. The lowest BCUT2D eigenvalue weighted by atomic mass is 10.1. The monoisotopic (exact) mass is 258 g/mol. The number of carbonyl (C=O) groups excluding carboxylic acids is 1. The molecule has 0 saturated carbocycles. The summed E-state index contributed by atoms with van der Waals surface area (Å²) in [7, 11) is 0. The first-order chi connectivity index (χ1) is 9.31. The second kappa shape index (κ2) is 6.78. The highest BCUT2D eigenvalue weighted by Gasteiger charge is 2.08. The third-order valence-corrected chi connectivity index (χ3v) is 2.91. The molecular weight excluding hydrogens is 240 g/mol. The second-order valence-electron chi connectivity index (χ2n) is 4.38. The zero-order valence-electron chi connectivity index (χ0n) is 11.1. The van der Waals surface area contributed by atoms with E-state index in [-0.39, 0.29) is 0 Å². The Morgan fingerprint density at radius 3 is 2.68 bits per heavy atom. The van der Waals surface area contributed by atoms with Gasteiger partial charge in [-0.2, -0.15) is 0 Å². The summed E-state index contributed by atoms with van der Waals surface area (Å²) in [6, 6.07) is 13.4. The molecule has 0 saturated heterocycles. The summed E-state index contributed by atoms with van der Waals surface area (Å²) < 4.78 is 10.3.